The third-order valence-corrected chi connectivity index (χ3v) is 12.2. The van der Waals surface area contributed by atoms with E-state index in [9.17, 15) is 0 Å². The highest BCUT2D eigenvalue weighted by Crippen LogP contribution is 2.47. The second kappa shape index (κ2) is 12.0. The van der Waals surface area contributed by atoms with Crippen LogP contribution in [0.4, 0.5) is 0 Å². The monoisotopic (exact) mass is 688 g/mol. The summed E-state index contributed by atoms with van der Waals surface area (Å²) in [7, 11) is 0. The molecule has 0 aliphatic heterocycles. The number of thiophene rings is 1. The van der Waals surface area contributed by atoms with Crippen LogP contribution in [0.25, 0.3) is 108 Å². The van der Waals surface area contributed by atoms with E-state index in [2.05, 4.69) is 194 Å². The van der Waals surface area contributed by atoms with Gasteiger partial charge >= 0.3 is 0 Å². The summed E-state index contributed by atoms with van der Waals surface area (Å²) in [6, 6.07) is 71.7. The molecule has 0 spiro atoms. The van der Waals surface area contributed by atoms with Gasteiger partial charge in [0.05, 0.1) is 0 Å². The molecule has 0 saturated carbocycles. The van der Waals surface area contributed by atoms with Gasteiger partial charge in [0.2, 0.25) is 0 Å². The predicted molar refractivity (Wildman–Crippen MR) is 231 cm³/mol. The SMILES string of the molecule is c1ccc(-c2ccc(-c3c4ccccc4c(-c4ccc(-c5cccc6sc7cc8ccccc8cc7c56)cc4)c4ccccc34)c3ccccc23)cc1. The normalized spacial score (nSPS) is 11.8. The summed E-state index contributed by atoms with van der Waals surface area (Å²) >= 11 is 1.89. The fourth-order valence-corrected chi connectivity index (χ4v) is 9.85. The van der Waals surface area contributed by atoms with Crippen LogP contribution in [0, 0.1) is 0 Å². The lowest BCUT2D eigenvalue weighted by Gasteiger charge is -2.20. The first-order chi connectivity index (χ1) is 26.3. The van der Waals surface area contributed by atoms with Crippen molar-refractivity contribution >= 4 is 74.6 Å². The summed E-state index contributed by atoms with van der Waals surface area (Å²) < 4.78 is 2.66. The summed E-state index contributed by atoms with van der Waals surface area (Å²) in [4.78, 5) is 0. The van der Waals surface area contributed by atoms with E-state index in [1.54, 1.807) is 0 Å². The molecule has 0 aliphatic rings. The van der Waals surface area contributed by atoms with E-state index in [0.717, 1.165) is 0 Å². The smallest absolute Gasteiger partial charge is 0.0362 e. The first kappa shape index (κ1) is 30.1. The molecule has 1 heterocycles. The Bertz CT molecular complexity index is 3150. The van der Waals surface area contributed by atoms with Crippen LogP contribution in [0.1, 0.15) is 0 Å². The topological polar surface area (TPSA) is 0 Å². The molecule has 1 heteroatoms. The van der Waals surface area contributed by atoms with Crippen molar-refractivity contribution in [1.29, 1.82) is 0 Å². The van der Waals surface area contributed by atoms with Crippen molar-refractivity contribution in [2.24, 2.45) is 0 Å². The Balaban J connectivity index is 1.10. The van der Waals surface area contributed by atoms with Crippen LogP contribution >= 0.6 is 11.3 Å². The third kappa shape index (κ3) is 4.75. The molecule has 0 atom stereocenters. The number of benzene rings is 10. The van der Waals surface area contributed by atoms with E-state index >= 15 is 0 Å². The second-order valence-electron chi connectivity index (χ2n) is 14.0. The molecular weight excluding hydrogens is 657 g/mol. The molecule has 53 heavy (non-hydrogen) atoms. The number of rotatable bonds is 4. The van der Waals surface area contributed by atoms with E-state index in [0.29, 0.717) is 0 Å². The molecule has 11 rings (SSSR count). The third-order valence-electron chi connectivity index (χ3n) is 11.1. The molecule has 246 valence electrons. The van der Waals surface area contributed by atoms with Crippen molar-refractivity contribution in [2.75, 3.05) is 0 Å². The maximum Gasteiger partial charge on any atom is 0.0362 e. The van der Waals surface area contributed by atoms with E-state index in [4.69, 9.17) is 0 Å². The molecule has 0 radical (unpaired) electrons. The van der Waals surface area contributed by atoms with Gasteiger partial charge < -0.3 is 0 Å². The Hall–Kier alpha value is -6.54. The van der Waals surface area contributed by atoms with Crippen molar-refractivity contribution in [1.82, 2.24) is 0 Å². The van der Waals surface area contributed by atoms with E-state index in [1.165, 1.54) is 108 Å². The molecular formula is C52H32S. The zero-order valence-electron chi connectivity index (χ0n) is 28.9. The molecule has 11 aromatic rings. The summed E-state index contributed by atoms with van der Waals surface area (Å²) in [6.45, 7) is 0. The molecule has 1 aromatic heterocycles. The van der Waals surface area contributed by atoms with Gasteiger partial charge in [-0.1, -0.05) is 176 Å². The summed E-state index contributed by atoms with van der Waals surface area (Å²) in [5.41, 5.74) is 10.1. The average molecular weight is 689 g/mol. The Labute approximate surface area is 311 Å². The Morgan fingerprint density at radius 1 is 0.264 bits per heavy atom. The first-order valence-electron chi connectivity index (χ1n) is 18.3. The van der Waals surface area contributed by atoms with Crippen LogP contribution in [0.2, 0.25) is 0 Å². The van der Waals surface area contributed by atoms with Crippen LogP contribution in [0.15, 0.2) is 194 Å². The zero-order valence-corrected chi connectivity index (χ0v) is 29.7. The minimum atomic E-state index is 1.23. The molecule has 0 saturated heterocycles. The van der Waals surface area contributed by atoms with E-state index < -0.39 is 0 Å². The minimum Gasteiger partial charge on any atom is -0.135 e. The zero-order chi connectivity index (χ0) is 34.9. The lowest BCUT2D eigenvalue weighted by atomic mass is 9.83. The van der Waals surface area contributed by atoms with Gasteiger partial charge in [-0.05, 0) is 106 Å². The van der Waals surface area contributed by atoms with Gasteiger partial charge in [-0.15, -0.1) is 11.3 Å². The van der Waals surface area contributed by atoms with Crippen LogP contribution in [0.5, 0.6) is 0 Å². The highest BCUT2D eigenvalue weighted by atomic mass is 32.1. The first-order valence-corrected chi connectivity index (χ1v) is 19.1. The van der Waals surface area contributed by atoms with Gasteiger partial charge in [-0.3, -0.25) is 0 Å². The van der Waals surface area contributed by atoms with Crippen molar-refractivity contribution < 1.29 is 0 Å². The average Bonchev–Trinajstić information content (AvgIpc) is 3.59. The Kier molecular flexibility index (Phi) is 6.83. The van der Waals surface area contributed by atoms with Gasteiger partial charge in [0.25, 0.3) is 0 Å². The predicted octanol–water partition coefficient (Wildman–Crippen LogP) is 15.3. The van der Waals surface area contributed by atoms with Crippen LogP contribution in [-0.2, 0) is 0 Å². The molecule has 0 amide bonds. The van der Waals surface area contributed by atoms with Gasteiger partial charge in [-0.2, -0.15) is 0 Å². The lowest BCUT2D eigenvalue weighted by Crippen LogP contribution is -1.92. The molecule has 0 fully saturated rings. The maximum atomic E-state index is 2.37. The number of fused-ring (bicyclic) bond motifs is 7. The van der Waals surface area contributed by atoms with E-state index in [1.807, 2.05) is 11.3 Å². The van der Waals surface area contributed by atoms with Gasteiger partial charge in [0.1, 0.15) is 0 Å². The maximum absolute atomic E-state index is 2.37. The van der Waals surface area contributed by atoms with Gasteiger partial charge in [-0.25, -0.2) is 0 Å². The fraction of sp³-hybridized carbons (Fsp3) is 0. The molecule has 0 aliphatic carbocycles. The minimum absolute atomic E-state index is 1.23. The van der Waals surface area contributed by atoms with Gasteiger partial charge in [0.15, 0.2) is 0 Å². The van der Waals surface area contributed by atoms with Gasteiger partial charge in [0, 0.05) is 20.2 Å². The van der Waals surface area contributed by atoms with Crippen LogP contribution in [-0.4, -0.2) is 0 Å². The second-order valence-corrected chi connectivity index (χ2v) is 15.1. The molecule has 0 N–H and O–H groups in total. The van der Waals surface area contributed by atoms with E-state index in [-0.39, 0.29) is 0 Å². The van der Waals surface area contributed by atoms with Crippen molar-refractivity contribution in [3.05, 3.63) is 194 Å². The fourth-order valence-electron chi connectivity index (χ4n) is 8.68. The van der Waals surface area contributed by atoms with Crippen molar-refractivity contribution in [3.63, 3.8) is 0 Å². The number of hydrogen-bond donors (Lipinski definition) is 0. The van der Waals surface area contributed by atoms with Crippen LogP contribution < -0.4 is 0 Å². The largest absolute Gasteiger partial charge is 0.135 e. The molecule has 10 aromatic carbocycles. The quantitative estimate of drug-likeness (QED) is 0.162. The molecule has 0 unspecified atom stereocenters. The molecule has 0 bridgehead atoms. The highest BCUT2D eigenvalue weighted by Gasteiger charge is 2.19. The summed E-state index contributed by atoms with van der Waals surface area (Å²) in [5.74, 6) is 0. The standard InChI is InChI=1S/C52H32S/c1-2-13-33(14-3-1)38-29-30-46(41-18-7-6-17-40(38)41)51-44-21-10-8-19-42(44)50(43-20-9-11-22-45(43)51)35-27-25-34(26-28-35)39-23-12-24-48-52(39)47-31-36-15-4-5-16-37(36)32-49(47)53-48/h1-32H. The van der Waals surface area contributed by atoms with Crippen molar-refractivity contribution in [3.8, 4) is 44.5 Å². The Morgan fingerprint density at radius 2 is 0.774 bits per heavy atom. The van der Waals surface area contributed by atoms with Crippen molar-refractivity contribution in [2.45, 2.75) is 0 Å². The molecule has 0 nitrogen and oxygen atoms in total. The Morgan fingerprint density at radius 3 is 1.45 bits per heavy atom. The lowest BCUT2D eigenvalue weighted by molar-refractivity contribution is 1.63. The van der Waals surface area contributed by atoms with Crippen LogP contribution in [0.3, 0.4) is 0 Å². The summed E-state index contributed by atoms with van der Waals surface area (Å²) in [5, 5.41) is 12.9. The number of hydrogen-bond acceptors (Lipinski definition) is 1. The highest BCUT2D eigenvalue weighted by molar-refractivity contribution is 7.26. The summed E-state index contributed by atoms with van der Waals surface area (Å²) in [6.07, 6.45) is 0.